The van der Waals surface area contributed by atoms with E-state index in [4.69, 9.17) is 17.0 Å². The van der Waals surface area contributed by atoms with E-state index in [2.05, 4.69) is 71.8 Å². The van der Waals surface area contributed by atoms with Crippen molar-refractivity contribution in [2.45, 2.75) is 26.5 Å². The molecule has 1 heterocycles. The zero-order valence-electron chi connectivity index (χ0n) is 15.5. The van der Waals surface area contributed by atoms with Gasteiger partial charge in [0.05, 0.1) is 12.7 Å². The molecule has 26 heavy (non-hydrogen) atoms. The van der Waals surface area contributed by atoms with Gasteiger partial charge in [-0.15, -0.1) is 0 Å². The summed E-state index contributed by atoms with van der Waals surface area (Å²) in [4.78, 5) is 2.44. The number of anilines is 1. The van der Waals surface area contributed by atoms with Gasteiger partial charge in [-0.1, -0.05) is 42.5 Å². The smallest absolute Gasteiger partial charge is 0.170 e. The molecule has 0 unspecified atom stereocenters. The van der Waals surface area contributed by atoms with Crippen molar-refractivity contribution >= 4 is 23.0 Å². The van der Waals surface area contributed by atoms with Gasteiger partial charge in [-0.2, -0.15) is 0 Å². The Labute approximate surface area is 161 Å². The molecule has 0 radical (unpaired) electrons. The monoisotopic (exact) mass is 369 g/mol. The van der Waals surface area contributed by atoms with Crippen molar-refractivity contribution in [2.75, 3.05) is 31.6 Å². The van der Waals surface area contributed by atoms with Gasteiger partial charge in [0.2, 0.25) is 0 Å². The highest BCUT2D eigenvalue weighted by atomic mass is 32.1. The third kappa shape index (κ3) is 5.27. The van der Waals surface area contributed by atoms with Crippen molar-refractivity contribution in [1.82, 2.24) is 10.2 Å². The molecule has 4 nitrogen and oxygen atoms in total. The number of aryl methyl sites for hydroxylation is 1. The van der Waals surface area contributed by atoms with Crippen LogP contribution in [0.15, 0.2) is 48.5 Å². The predicted octanol–water partition coefficient (Wildman–Crippen LogP) is 3.49. The molecule has 2 N–H and O–H groups in total. The molecule has 0 spiro atoms. The molecule has 0 aromatic heterocycles. The summed E-state index contributed by atoms with van der Waals surface area (Å²) >= 11 is 5.45. The Kier molecular flexibility index (Phi) is 6.61. The minimum absolute atomic E-state index is 0.144. The van der Waals surface area contributed by atoms with Crippen LogP contribution in [0, 0.1) is 13.8 Å². The van der Waals surface area contributed by atoms with E-state index >= 15 is 0 Å². The van der Waals surface area contributed by atoms with Gasteiger partial charge in [-0.3, -0.25) is 4.90 Å². The Morgan fingerprint density at radius 1 is 1.15 bits per heavy atom. The molecule has 3 rings (SSSR count). The molecule has 138 valence electrons. The van der Waals surface area contributed by atoms with Crippen molar-refractivity contribution in [3.8, 4) is 0 Å². The summed E-state index contributed by atoms with van der Waals surface area (Å²) in [6.07, 6.45) is 0.144. The third-order valence-corrected chi connectivity index (χ3v) is 5.06. The molecule has 0 saturated carbocycles. The minimum Gasteiger partial charge on any atom is -0.374 e. The van der Waals surface area contributed by atoms with Gasteiger partial charge in [-0.25, -0.2) is 0 Å². The third-order valence-electron chi connectivity index (χ3n) is 4.82. The molecule has 2 aromatic rings. The topological polar surface area (TPSA) is 36.5 Å². The molecule has 0 aliphatic carbocycles. The van der Waals surface area contributed by atoms with Gasteiger partial charge < -0.3 is 15.4 Å². The van der Waals surface area contributed by atoms with Crippen molar-refractivity contribution in [1.29, 1.82) is 0 Å². The van der Waals surface area contributed by atoms with Gasteiger partial charge in [0, 0.05) is 31.9 Å². The number of morpholine rings is 1. The van der Waals surface area contributed by atoms with E-state index in [0.29, 0.717) is 11.7 Å². The van der Waals surface area contributed by atoms with E-state index in [1.807, 2.05) is 6.07 Å². The zero-order chi connectivity index (χ0) is 18.4. The van der Waals surface area contributed by atoms with Crippen LogP contribution < -0.4 is 10.6 Å². The molecule has 5 heteroatoms. The first-order valence-corrected chi connectivity index (χ1v) is 9.51. The number of hydrogen-bond donors (Lipinski definition) is 2. The van der Waals surface area contributed by atoms with Crippen molar-refractivity contribution < 1.29 is 4.74 Å². The van der Waals surface area contributed by atoms with Crippen molar-refractivity contribution in [3.05, 3.63) is 65.2 Å². The fraction of sp³-hybridized carbons (Fsp3) is 0.381. The number of benzene rings is 2. The second kappa shape index (κ2) is 9.12. The fourth-order valence-corrected chi connectivity index (χ4v) is 3.34. The summed E-state index contributed by atoms with van der Waals surface area (Å²) in [6.45, 7) is 8.52. The molecule has 1 fully saturated rings. The Balaban J connectivity index is 1.46. The number of hydrogen-bond acceptors (Lipinski definition) is 3. The SMILES string of the molecule is Cc1cccc(NC(=S)NC[C@H]2CN(Cc3ccccc3)CCO2)c1C. The van der Waals surface area contributed by atoms with E-state index in [0.717, 1.165) is 31.9 Å². The second-order valence-electron chi connectivity index (χ2n) is 6.80. The lowest BCUT2D eigenvalue weighted by molar-refractivity contribution is -0.0279. The van der Waals surface area contributed by atoms with Gasteiger partial charge in [0.15, 0.2) is 5.11 Å². The molecule has 2 aromatic carbocycles. The van der Waals surface area contributed by atoms with E-state index in [-0.39, 0.29) is 6.10 Å². The van der Waals surface area contributed by atoms with Gasteiger partial charge >= 0.3 is 0 Å². The Hall–Kier alpha value is -1.95. The minimum atomic E-state index is 0.144. The maximum Gasteiger partial charge on any atom is 0.170 e. The summed E-state index contributed by atoms with van der Waals surface area (Å²) < 4.78 is 5.90. The summed E-state index contributed by atoms with van der Waals surface area (Å²) in [5.41, 5.74) is 4.87. The summed E-state index contributed by atoms with van der Waals surface area (Å²) in [6, 6.07) is 16.8. The largest absolute Gasteiger partial charge is 0.374 e. The molecule has 1 saturated heterocycles. The van der Waals surface area contributed by atoms with Gasteiger partial charge in [0.25, 0.3) is 0 Å². The number of ether oxygens (including phenoxy) is 1. The van der Waals surface area contributed by atoms with Crippen LogP contribution in [0.1, 0.15) is 16.7 Å². The van der Waals surface area contributed by atoms with E-state index in [1.165, 1.54) is 16.7 Å². The number of thiocarbonyl (C=S) groups is 1. The highest BCUT2D eigenvalue weighted by Crippen LogP contribution is 2.17. The quantitative estimate of drug-likeness (QED) is 0.789. The van der Waals surface area contributed by atoms with E-state index in [9.17, 15) is 0 Å². The number of nitrogens with zero attached hydrogens (tertiary/aromatic N) is 1. The van der Waals surface area contributed by atoms with Crippen LogP contribution in [0.25, 0.3) is 0 Å². The predicted molar refractivity (Wildman–Crippen MR) is 112 cm³/mol. The lowest BCUT2D eigenvalue weighted by Crippen LogP contribution is -2.47. The average molecular weight is 370 g/mol. The second-order valence-corrected chi connectivity index (χ2v) is 7.20. The van der Waals surface area contributed by atoms with E-state index in [1.54, 1.807) is 0 Å². The maximum absolute atomic E-state index is 5.90. The summed E-state index contributed by atoms with van der Waals surface area (Å²) in [5.74, 6) is 0. The van der Waals surface area contributed by atoms with Crippen LogP contribution in [0.4, 0.5) is 5.69 Å². The highest BCUT2D eigenvalue weighted by molar-refractivity contribution is 7.80. The van der Waals surface area contributed by atoms with Crippen molar-refractivity contribution in [2.24, 2.45) is 0 Å². The van der Waals surface area contributed by atoms with Gasteiger partial charge in [-0.05, 0) is 48.8 Å². The molecular formula is C21H27N3OS. The standard InChI is InChI=1S/C21H27N3OS/c1-16-7-6-10-20(17(16)2)23-21(26)22-13-19-15-24(11-12-25-19)14-18-8-4-3-5-9-18/h3-10,19H,11-15H2,1-2H3,(H2,22,23,26)/t19-/m0/s1. The van der Waals surface area contributed by atoms with Crippen LogP contribution in [-0.2, 0) is 11.3 Å². The van der Waals surface area contributed by atoms with Crippen LogP contribution >= 0.6 is 12.2 Å². The number of rotatable bonds is 5. The first-order valence-electron chi connectivity index (χ1n) is 9.11. The fourth-order valence-electron chi connectivity index (χ4n) is 3.15. The molecule has 1 aliphatic heterocycles. The van der Waals surface area contributed by atoms with Crippen molar-refractivity contribution in [3.63, 3.8) is 0 Å². The van der Waals surface area contributed by atoms with Crippen LogP contribution in [0.2, 0.25) is 0 Å². The Bertz CT molecular complexity index is 735. The molecule has 1 aliphatic rings. The summed E-state index contributed by atoms with van der Waals surface area (Å²) in [5, 5.41) is 7.23. The summed E-state index contributed by atoms with van der Waals surface area (Å²) in [7, 11) is 0. The first-order chi connectivity index (χ1) is 12.6. The molecular weight excluding hydrogens is 342 g/mol. The molecule has 0 bridgehead atoms. The normalized spacial score (nSPS) is 17.7. The molecule has 1 atom stereocenters. The van der Waals surface area contributed by atoms with Crippen LogP contribution in [0.5, 0.6) is 0 Å². The van der Waals surface area contributed by atoms with E-state index < -0.39 is 0 Å². The zero-order valence-corrected chi connectivity index (χ0v) is 16.3. The average Bonchev–Trinajstić information content (AvgIpc) is 2.65. The van der Waals surface area contributed by atoms with Gasteiger partial charge in [0.1, 0.15) is 0 Å². The van der Waals surface area contributed by atoms with Crippen LogP contribution in [-0.4, -0.2) is 42.4 Å². The lowest BCUT2D eigenvalue weighted by atomic mass is 10.1. The molecule has 0 amide bonds. The Morgan fingerprint density at radius 2 is 1.96 bits per heavy atom. The highest BCUT2D eigenvalue weighted by Gasteiger charge is 2.20. The first kappa shape index (κ1) is 18.8. The lowest BCUT2D eigenvalue weighted by Gasteiger charge is -2.33. The number of nitrogens with one attached hydrogen (secondary N) is 2. The maximum atomic E-state index is 5.90. The Morgan fingerprint density at radius 3 is 2.77 bits per heavy atom. The van der Waals surface area contributed by atoms with Crippen LogP contribution in [0.3, 0.4) is 0 Å².